The van der Waals surface area contributed by atoms with Crippen LogP contribution in [0, 0.1) is 0 Å². The number of rotatable bonds is 4. The molecular formula is C14H13NO3. The normalized spacial score (nSPS) is 10.7. The SMILES string of the molecule is CCOC(=O)c1ncc(/C=C/c2ccccc2)o1. The van der Waals surface area contributed by atoms with Gasteiger partial charge >= 0.3 is 11.9 Å². The summed E-state index contributed by atoms with van der Waals surface area (Å²) in [4.78, 5) is 15.2. The van der Waals surface area contributed by atoms with Gasteiger partial charge in [0, 0.05) is 0 Å². The van der Waals surface area contributed by atoms with E-state index in [1.165, 1.54) is 6.20 Å². The molecule has 0 spiro atoms. The monoisotopic (exact) mass is 243 g/mol. The zero-order chi connectivity index (χ0) is 12.8. The van der Waals surface area contributed by atoms with Gasteiger partial charge in [-0.1, -0.05) is 36.4 Å². The van der Waals surface area contributed by atoms with Crippen molar-refractivity contribution >= 4 is 18.1 Å². The molecule has 0 aliphatic carbocycles. The lowest BCUT2D eigenvalue weighted by atomic mass is 10.2. The smallest absolute Gasteiger partial charge is 0.394 e. The minimum absolute atomic E-state index is 0.0236. The maximum Gasteiger partial charge on any atom is 0.394 e. The standard InChI is InChI=1S/C14H13NO3/c1-2-17-14(16)13-15-10-12(18-13)9-8-11-6-4-3-5-7-11/h3-10H,2H2,1H3/b9-8+. The molecule has 0 unspecified atom stereocenters. The van der Waals surface area contributed by atoms with Crippen LogP contribution in [0.4, 0.5) is 0 Å². The van der Waals surface area contributed by atoms with E-state index in [0.717, 1.165) is 5.56 Å². The molecule has 4 nitrogen and oxygen atoms in total. The Hall–Kier alpha value is -2.36. The first-order valence-electron chi connectivity index (χ1n) is 5.65. The van der Waals surface area contributed by atoms with Gasteiger partial charge in [0.25, 0.3) is 0 Å². The maximum absolute atomic E-state index is 11.3. The quantitative estimate of drug-likeness (QED) is 0.774. The summed E-state index contributed by atoms with van der Waals surface area (Å²) in [6, 6.07) is 9.79. The van der Waals surface area contributed by atoms with Crippen molar-refractivity contribution in [2.45, 2.75) is 6.92 Å². The van der Waals surface area contributed by atoms with Gasteiger partial charge in [0.1, 0.15) is 5.76 Å². The van der Waals surface area contributed by atoms with Crippen LogP contribution in [-0.4, -0.2) is 17.6 Å². The van der Waals surface area contributed by atoms with E-state index in [-0.39, 0.29) is 5.89 Å². The number of carbonyl (C=O) groups excluding carboxylic acids is 1. The van der Waals surface area contributed by atoms with Gasteiger partial charge in [0.05, 0.1) is 12.8 Å². The fraction of sp³-hybridized carbons (Fsp3) is 0.143. The molecule has 0 atom stereocenters. The van der Waals surface area contributed by atoms with E-state index in [9.17, 15) is 4.79 Å². The first-order chi connectivity index (χ1) is 8.79. The average molecular weight is 243 g/mol. The second-order valence-corrected chi connectivity index (χ2v) is 3.53. The number of benzene rings is 1. The van der Waals surface area contributed by atoms with Gasteiger partial charge < -0.3 is 9.15 Å². The lowest BCUT2D eigenvalue weighted by molar-refractivity contribution is 0.0480. The highest BCUT2D eigenvalue weighted by molar-refractivity contribution is 5.84. The van der Waals surface area contributed by atoms with Gasteiger partial charge in [-0.3, -0.25) is 0 Å². The first kappa shape index (κ1) is 12.1. The number of nitrogens with zero attached hydrogens (tertiary/aromatic N) is 1. The van der Waals surface area contributed by atoms with E-state index in [4.69, 9.17) is 9.15 Å². The molecule has 1 aromatic heterocycles. The van der Waals surface area contributed by atoms with Crippen molar-refractivity contribution in [2.75, 3.05) is 6.61 Å². The number of ether oxygens (including phenoxy) is 1. The average Bonchev–Trinajstić information content (AvgIpc) is 2.87. The van der Waals surface area contributed by atoms with Crippen LogP contribution in [0.5, 0.6) is 0 Å². The van der Waals surface area contributed by atoms with Crippen molar-refractivity contribution in [1.82, 2.24) is 4.98 Å². The van der Waals surface area contributed by atoms with E-state index in [1.54, 1.807) is 13.0 Å². The molecule has 4 heteroatoms. The molecule has 0 aliphatic heterocycles. The van der Waals surface area contributed by atoms with Gasteiger partial charge in [0.15, 0.2) is 0 Å². The predicted octanol–water partition coefficient (Wildman–Crippen LogP) is 3.02. The van der Waals surface area contributed by atoms with E-state index in [0.29, 0.717) is 12.4 Å². The molecule has 0 bridgehead atoms. The summed E-state index contributed by atoms with van der Waals surface area (Å²) in [5.74, 6) is -0.0525. The van der Waals surface area contributed by atoms with Crippen LogP contribution in [0.25, 0.3) is 12.2 Å². The van der Waals surface area contributed by atoms with Gasteiger partial charge in [0.2, 0.25) is 0 Å². The maximum atomic E-state index is 11.3. The fourth-order valence-electron chi connectivity index (χ4n) is 1.39. The Morgan fingerprint density at radius 3 is 2.83 bits per heavy atom. The molecule has 1 aromatic carbocycles. The molecule has 1 heterocycles. The molecule has 0 N–H and O–H groups in total. The van der Waals surface area contributed by atoms with E-state index >= 15 is 0 Å². The number of hydrogen-bond donors (Lipinski definition) is 0. The van der Waals surface area contributed by atoms with Crippen molar-refractivity contribution in [3.05, 3.63) is 53.7 Å². The third-order valence-electron chi connectivity index (χ3n) is 2.21. The number of aromatic nitrogens is 1. The summed E-state index contributed by atoms with van der Waals surface area (Å²) in [6.07, 6.45) is 5.13. The van der Waals surface area contributed by atoms with Crippen molar-refractivity contribution in [2.24, 2.45) is 0 Å². The molecule has 0 aliphatic rings. The highest BCUT2D eigenvalue weighted by atomic mass is 16.5. The number of esters is 1. The lowest BCUT2D eigenvalue weighted by Crippen LogP contribution is -2.04. The lowest BCUT2D eigenvalue weighted by Gasteiger charge is -1.94. The van der Waals surface area contributed by atoms with Crippen LogP contribution < -0.4 is 0 Å². The number of oxazole rings is 1. The van der Waals surface area contributed by atoms with Crippen LogP contribution in [0.1, 0.15) is 28.9 Å². The van der Waals surface area contributed by atoms with Gasteiger partial charge in [-0.25, -0.2) is 9.78 Å². The summed E-state index contributed by atoms with van der Waals surface area (Å²) >= 11 is 0. The largest absolute Gasteiger partial charge is 0.459 e. The summed E-state index contributed by atoms with van der Waals surface area (Å²) in [5, 5.41) is 0. The Morgan fingerprint density at radius 2 is 2.11 bits per heavy atom. The summed E-state index contributed by atoms with van der Waals surface area (Å²) in [7, 11) is 0. The topological polar surface area (TPSA) is 52.3 Å². The number of hydrogen-bond acceptors (Lipinski definition) is 4. The zero-order valence-electron chi connectivity index (χ0n) is 10.00. The summed E-state index contributed by atoms with van der Waals surface area (Å²) in [6.45, 7) is 2.04. The van der Waals surface area contributed by atoms with Crippen molar-refractivity contribution < 1.29 is 13.9 Å². The van der Waals surface area contributed by atoms with E-state index in [1.807, 2.05) is 36.4 Å². The Labute approximate surface area is 105 Å². The Kier molecular flexibility index (Phi) is 3.91. The van der Waals surface area contributed by atoms with E-state index in [2.05, 4.69) is 4.98 Å². The van der Waals surface area contributed by atoms with Crippen LogP contribution in [0.3, 0.4) is 0 Å². The molecule has 18 heavy (non-hydrogen) atoms. The highest BCUT2D eigenvalue weighted by Crippen LogP contribution is 2.10. The molecular weight excluding hydrogens is 230 g/mol. The Bertz CT molecular complexity index is 543. The van der Waals surface area contributed by atoms with Gasteiger partial charge in [-0.2, -0.15) is 0 Å². The molecule has 92 valence electrons. The molecule has 2 rings (SSSR count). The summed E-state index contributed by atoms with van der Waals surface area (Å²) in [5.41, 5.74) is 1.05. The predicted molar refractivity (Wildman–Crippen MR) is 67.8 cm³/mol. The van der Waals surface area contributed by atoms with Crippen LogP contribution in [0.2, 0.25) is 0 Å². The third-order valence-corrected chi connectivity index (χ3v) is 2.21. The van der Waals surface area contributed by atoms with Crippen molar-refractivity contribution in [3.63, 3.8) is 0 Å². The molecule has 0 radical (unpaired) electrons. The Balaban J connectivity index is 2.07. The molecule has 0 fully saturated rings. The second-order valence-electron chi connectivity index (χ2n) is 3.53. The van der Waals surface area contributed by atoms with Gasteiger partial charge in [-0.15, -0.1) is 0 Å². The summed E-state index contributed by atoms with van der Waals surface area (Å²) < 4.78 is 10.0. The first-order valence-corrected chi connectivity index (χ1v) is 5.65. The highest BCUT2D eigenvalue weighted by Gasteiger charge is 2.12. The Morgan fingerprint density at radius 1 is 1.33 bits per heavy atom. The molecule has 0 saturated carbocycles. The van der Waals surface area contributed by atoms with Crippen LogP contribution >= 0.6 is 0 Å². The number of carbonyl (C=O) groups is 1. The fourth-order valence-corrected chi connectivity index (χ4v) is 1.39. The second kappa shape index (κ2) is 5.82. The van der Waals surface area contributed by atoms with E-state index < -0.39 is 5.97 Å². The zero-order valence-corrected chi connectivity index (χ0v) is 10.00. The molecule has 0 amide bonds. The van der Waals surface area contributed by atoms with Crippen molar-refractivity contribution in [3.8, 4) is 0 Å². The van der Waals surface area contributed by atoms with Crippen LogP contribution in [-0.2, 0) is 4.74 Å². The van der Waals surface area contributed by atoms with Crippen LogP contribution in [0.15, 0.2) is 40.9 Å². The minimum atomic E-state index is -0.545. The third kappa shape index (κ3) is 3.07. The molecule has 0 saturated heterocycles. The minimum Gasteiger partial charge on any atom is -0.459 e. The van der Waals surface area contributed by atoms with Gasteiger partial charge in [-0.05, 0) is 18.6 Å². The molecule has 2 aromatic rings. The van der Waals surface area contributed by atoms with Crippen molar-refractivity contribution in [1.29, 1.82) is 0 Å².